The minimum Gasteiger partial charge on any atom is -0.186 e. The molecule has 0 amide bonds. The maximum Gasteiger partial charge on any atom is 0.373 e. The topological polar surface area (TPSA) is 34.1 Å². The van der Waals surface area contributed by atoms with E-state index in [9.17, 15) is 0 Å². The summed E-state index contributed by atoms with van der Waals surface area (Å²) in [4.78, 5) is 16.2. The summed E-state index contributed by atoms with van der Waals surface area (Å²) in [6.45, 7) is 0. The Morgan fingerprint density at radius 1 is 1.05 bits per heavy atom. The number of unbranched alkanes of at least 4 members (excludes halogenated alkanes) is 2. The second-order valence-corrected chi connectivity index (χ2v) is 11.3. The molecular weight excluding hydrogens is 276 g/mol. The predicted octanol–water partition coefficient (Wildman–Crippen LogP) is 4.40. The highest BCUT2D eigenvalue weighted by Crippen LogP contribution is 2.40. The Kier molecular flexibility index (Phi) is 7.72. The van der Waals surface area contributed by atoms with E-state index in [2.05, 4.69) is 30.3 Å². The molecule has 1 aromatic carbocycles. The van der Waals surface area contributed by atoms with Gasteiger partial charge in [0.05, 0.1) is 0 Å². The zero-order valence-electron chi connectivity index (χ0n) is 11.2. The second-order valence-electron chi connectivity index (χ2n) is 5.13. The van der Waals surface area contributed by atoms with Gasteiger partial charge in [-0.15, -0.1) is 0 Å². The molecule has 1 heterocycles. The second kappa shape index (κ2) is 9.08. The van der Waals surface area contributed by atoms with Crippen molar-refractivity contribution in [3.63, 3.8) is 0 Å². The molecule has 2 rings (SSSR count). The van der Waals surface area contributed by atoms with Crippen LogP contribution in [0, 0.1) is 0 Å². The Bertz CT molecular complexity index is 384. The van der Waals surface area contributed by atoms with Gasteiger partial charge >= 0.3 is 6.15 Å². The van der Waals surface area contributed by atoms with Gasteiger partial charge in [0.25, 0.3) is 0 Å². The molecule has 1 aromatic rings. The van der Waals surface area contributed by atoms with Crippen LogP contribution in [0.15, 0.2) is 30.3 Å². The van der Waals surface area contributed by atoms with E-state index in [1.54, 1.807) is 0 Å². The summed E-state index contributed by atoms with van der Waals surface area (Å²) in [6, 6.07) is 14.9. The Labute approximate surface area is 120 Å². The smallest absolute Gasteiger partial charge is 0.186 e. The van der Waals surface area contributed by atoms with Gasteiger partial charge in [0.15, 0.2) is 7.38 Å². The molecule has 0 atom stereocenters. The van der Waals surface area contributed by atoms with Crippen LogP contribution in [0.2, 0.25) is 18.1 Å². The molecule has 0 bridgehead atoms. The minimum absolute atomic E-state index is 0.250. The molecule has 0 spiro atoms. The maximum absolute atomic E-state index is 8.12. The van der Waals surface area contributed by atoms with Crippen LogP contribution in [0.5, 0.6) is 0 Å². The van der Waals surface area contributed by atoms with E-state index < -0.39 is 7.38 Å². The summed E-state index contributed by atoms with van der Waals surface area (Å²) in [5.74, 6) is 0. The molecule has 104 valence electrons. The van der Waals surface area contributed by atoms with Gasteiger partial charge < -0.3 is 0 Å². The van der Waals surface area contributed by atoms with Crippen molar-refractivity contribution in [2.45, 2.75) is 50.2 Å². The summed E-state index contributed by atoms with van der Waals surface area (Å²) in [6.07, 6.45) is 6.93. The molecule has 4 heteroatoms. The van der Waals surface area contributed by atoms with Crippen LogP contribution < -0.4 is 0 Å². The lowest BCUT2D eigenvalue weighted by Gasteiger charge is -2.33. The first-order valence-electron chi connectivity index (χ1n) is 6.92. The van der Waals surface area contributed by atoms with E-state index in [0.29, 0.717) is 0 Å². The first kappa shape index (κ1) is 16.2. The number of hydrogen-bond donors (Lipinski definition) is 0. The molecule has 0 unspecified atom stereocenters. The van der Waals surface area contributed by atoms with Crippen LogP contribution in [-0.2, 0) is 16.0 Å². The number of rotatable bonds is 6. The highest BCUT2D eigenvalue weighted by atomic mass is 35.6. The van der Waals surface area contributed by atoms with Crippen molar-refractivity contribution >= 4 is 24.6 Å². The number of carbonyl (C=O) groups excluding carboxylic acids is 2. The van der Waals surface area contributed by atoms with E-state index in [0.717, 1.165) is 0 Å². The number of benzene rings is 1. The molecule has 1 fully saturated rings. The predicted molar refractivity (Wildman–Crippen MR) is 79.6 cm³/mol. The van der Waals surface area contributed by atoms with Crippen molar-refractivity contribution in [1.82, 2.24) is 0 Å². The van der Waals surface area contributed by atoms with Gasteiger partial charge in [-0.1, -0.05) is 49.6 Å². The zero-order chi connectivity index (χ0) is 14.0. The van der Waals surface area contributed by atoms with Gasteiger partial charge in [0.2, 0.25) is 0 Å². The summed E-state index contributed by atoms with van der Waals surface area (Å²) in [7, 11) is -1.15. The molecule has 1 aliphatic heterocycles. The lowest BCUT2D eigenvalue weighted by molar-refractivity contribution is -0.191. The highest BCUT2D eigenvalue weighted by Gasteiger charge is 2.36. The fourth-order valence-electron chi connectivity index (χ4n) is 2.40. The van der Waals surface area contributed by atoms with Gasteiger partial charge in [0, 0.05) is 0 Å². The van der Waals surface area contributed by atoms with Crippen LogP contribution in [0.25, 0.3) is 0 Å². The molecule has 1 saturated heterocycles. The average Bonchev–Trinajstić information content (AvgIpc) is 2.38. The van der Waals surface area contributed by atoms with Crippen LogP contribution in [0.4, 0.5) is 0 Å². The van der Waals surface area contributed by atoms with Crippen LogP contribution in [-0.4, -0.2) is 13.5 Å². The minimum atomic E-state index is -1.15. The first-order chi connectivity index (χ1) is 9.20. The SMILES string of the molecule is Cl[Si]1(CCCCCc2ccccc2)CCC1.O=C=O. The third-order valence-electron chi connectivity index (χ3n) is 3.68. The third-order valence-corrected chi connectivity index (χ3v) is 9.13. The molecule has 19 heavy (non-hydrogen) atoms. The number of hydrogen-bond acceptors (Lipinski definition) is 2. The van der Waals surface area contributed by atoms with Crippen molar-refractivity contribution in [2.75, 3.05) is 0 Å². The van der Waals surface area contributed by atoms with Crippen LogP contribution in [0.3, 0.4) is 0 Å². The fourth-order valence-corrected chi connectivity index (χ4v) is 6.11. The highest BCUT2D eigenvalue weighted by molar-refractivity contribution is 7.21. The number of halogens is 1. The van der Waals surface area contributed by atoms with Crippen molar-refractivity contribution < 1.29 is 9.59 Å². The van der Waals surface area contributed by atoms with Crippen molar-refractivity contribution in [1.29, 1.82) is 0 Å². The summed E-state index contributed by atoms with van der Waals surface area (Å²) in [5, 5.41) is 0. The summed E-state index contributed by atoms with van der Waals surface area (Å²) >= 11 is 6.54. The van der Waals surface area contributed by atoms with Crippen LogP contribution >= 0.6 is 11.1 Å². The molecule has 1 aliphatic rings. The van der Waals surface area contributed by atoms with E-state index in [1.807, 2.05) is 0 Å². The fraction of sp³-hybridized carbons (Fsp3) is 0.533. The summed E-state index contributed by atoms with van der Waals surface area (Å²) < 4.78 is 0. The van der Waals surface area contributed by atoms with Crippen molar-refractivity contribution in [3.05, 3.63) is 35.9 Å². The molecule has 0 N–H and O–H groups in total. The molecule has 0 aliphatic carbocycles. The van der Waals surface area contributed by atoms with Gasteiger partial charge in [-0.05, 0) is 36.5 Å². The van der Waals surface area contributed by atoms with Crippen LogP contribution in [0.1, 0.15) is 31.2 Å². The number of aryl methyl sites for hydroxylation is 1. The monoisotopic (exact) mass is 296 g/mol. The molecule has 0 saturated carbocycles. The van der Waals surface area contributed by atoms with E-state index in [4.69, 9.17) is 20.7 Å². The third kappa shape index (κ3) is 6.72. The van der Waals surface area contributed by atoms with Crippen molar-refractivity contribution in [2.24, 2.45) is 0 Å². The lowest BCUT2D eigenvalue weighted by atomic mass is 10.1. The maximum atomic E-state index is 8.12. The Morgan fingerprint density at radius 2 is 1.68 bits per heavy atom. The molecule has 0 aromatic heterocycles. The Hall–Kier alpha value is -0.893. The molecule has 0 radical (unpaired) electrons. The van der Waals surface area contributed by atoms with E-state index in [1.165, 1.54) is 55.8 Å². The summed E-state index contributed by atoms with van der Waals surface area (Å²) in [5.41, 5.74) is 1.48. The standard InChI is InChI=1S/C14H21ClSi.CO2/c15-16(12-7-13-16)11-6-2-5-10-14-8-3-1-4-9-14;2-1-3/h1,3-4,8-9H,2,5-7,10-13H2;. The van der Waals surface area contributed by atoms with E-state index >= 15 is 0 Å². The average molecular weight is 297 g/mol. The molecule has 2 nitrogen and oxygen atoms in total. The normalized spacial score (nSPS) is 15.6. The van der Waals surface area contributed by atoms with Crippen molar-refractivity contribution in [3.8, 4) is 0 Å². The van der Waals surface area contributed by atoms with E-state index in [-0.39, 0.29) is 6.15 Å². The quantitative estimate of drug-likeness (QED) is 0.443. The lowest BCUT2D eigenvalue weighted by Crippen LogP contribution is -2.34. The largest absolute Gasteiger partial charge is 0.373 e. The van der Waals surface area contributed by atoms with Gasteiger partial charge in [0.1, 0.15) is 0 Å². The van der Waals surface area contributed by atoms with Gasteiger partial charge in [-0.25, -0.2) is 0 Å². The Morgan fingerprint density at radius 3 is 2.21 bits per heavy atom. The Balaban J connectivity index is 0.000000550. The molecular formula is C15H21ClO2Si. The van der Waals surface area contributed by atoms with Gasteiger partial charge in [-0.3, -0.25) is 0 Å². The first-order valence-corrected chi connectivity index (χ1v) is 10.6. The van der Waals surface area contributed by atoms with Gasteiger partial charge in [-0.2, -0.15) is 20.7 Å². The zero-order valence-corrected chi connectivity index (χ0v) is 13.0.